The molecule has 0 atom stereocenters. The molecule has 3 rings (SSSR count). The van der Waals surface area contributed by atoms with Gasteiger partial charge in [0.05, 0.1) is 13.3 Å². The molecule has 0 spiro atoms. The van der Waals surface area contributed by atoms with Gasteiger partial charge in [-0.15, -0.1) is 0 Å². The zero-order chi connectivity index (χ0) is 13.9. The van der Waals surface area contributed by atoms with Crippen molar-refractivity contribution in [3.8, 4) is 17.4 Å². The highest BCUT2D eigenvalue weighted by atomic mass is 79.9. The fraction of sp³-hybridized carbons (Fsp3) is 0.0667. The molecule has 0 aliphatic heterocycles. The maximum Gasteiger partial charge on any atom is 0.227 e. The van der Waals surface area contributed by atoms with Crippen LogP contribution in [0.4, 0.5) is 0 Å². The summed E-state index contributed by atoms with van der Waals surface area (Å²) < 4.78 is 11.9. The molecule has 3 aromatic rings. The van der Waals surface area contributed by atoms with E-state index in [2.05, 4.69) is 25.9 Å². The first kappa shape index (κ1) is 12.9. The van der Waals surface area contributed by atoms with Crippen molar-refractivity contribution < 1.29 is 9.47 Å². The molecule has 0 saturated heterocycles. The van der Waals surface area contributed by atoms with Crippen LogP contribution in [-0.4, -0.2) is 17.1 Å². The Bertz CT molecular complexity index is 762. The molecule has 5 heteroatoms. The lowest BCUT2D eigenvalue weighted by molar-refractivity contribution is 0.415. The number of nitrogens with zero attached hydrogens (tertiary/aromatic N) is 2. The molecule has 2 heterocycles. The van der Waals surface area contributed by atoms with Crippen molar-refractivity contribution in [2.75, 3.05) is 7.11 Å². The SMILES string of the molecule is COc1ccc2c(Oc3cncc(Br)c3)nccc2c1. The zero-order valence-electron chi connectivity index (χ0n) is 10.7. The number of benzene rings is 1. The van der Waals surface area contributed by atoms with Gasteiger partial charge in [0.25, 0.3) is 0 Å². The first-order valence-electron chi connectivity index (χ1n) is 5.97. The third kappa shape index (κ3) is 2.58. The smallest absolute Gasteiger partial charge is 0.227 e. The van der Waals surface area contributed by atoms with E-state index in [1.54, 1.807) is 25.7 Å². The number of pyridine rings is 2. The van der Waals surface area contributed by atoms with E-state index < -0.39 is 0 Å². The van der Waals surface area contributed by atoms with Gasteiger partial charge in [-0.05, 0) is 51.6 Å². The highest BCUT2D eigenvalue weighted by Gasteiger charge is 2.06. The number of ether oxygens (including phenoxy) is 2. The molecule has 100 valence electrons. The van der Waals surface area contributed by atoms with Crippen molar-refractivity contribution in [2.45, 2.75) is 0 Å². The summed E-state index contributed by atoms with van der Waals surface area (Å²) in [7, 11) is 1.65. The number of fused-ring (bicyclic) bond motifs is 1. The lowest BCUT2D eigenvalue weighted by Gasteiger charge is -2.08. The van der Waals surface area contributed by atoms with Crippen molar-refractivity contribution in [1.82, 2.24) is 9.97 Å². The lowest BCUT2D eigenvalue weighted by atomic mass is 10.1. The average Bonchev–Trinajstić information content (AvgIpc) is 2.47. The predicted octanol–water partition coefficient (Wildman–Crippen LogP) is 4.19. The van der Waals surface area contributed by atoms with Gasteiger partial charge < -0.3 is 9.47 Å². The van der Waals surface area contributed by atoms with Gasteiger partial charge in [0.2, 0.25) is 5.88 Å². The average molecular weight is 331 g/mol. The van der Waals surface area contributed by atoms with Crippen LogP contribution in [0.2, 0.25) is 0 Å². The topological polar surface area (TPSA) is 44.2 Å². The van der Waals surface area contributed by atoms with Gasteiger partial charge in [-0.2, -0.15) is 0 Å². The molecule has 0 N–H and O–H groups in total. The van der Waals surface area contributed by atoms with Crippen LogP contribution >= 0.6 is 15.9 Å². The summed E-state index contributed by atoms with van der Waals surface area (Å²) in [5.41, 5.74) is 0. The van der Waals surface area contributed by atoms with Gasteiger partial charge in [0.15, 0.2) is 0 Å². The number of halogens is 1. The maximum atomic E-state index is 5.80. The number of aromatic nitrogens is 2. The molecule has 0 unspecified atom stereocenters. The van der Waals surface area contributed by atoms with Crippen molar-refractivity contribution in [3.63, 3.8) is 0 Å². The number of methoxy groups -OCH3 is 1. The quantitative estimate of drug-likeness (QED) is 0.722. The highest BCUT2D eigenvalue weighted by Crippen LogP contribution is 2.30. The fourth-order valence-electron chi connectivity index (χ4n) is 1.90. The van der Waals surface area contributed by atoms with Crippen LogP contribution in [0.15, 0.2) is 53.4 Å². The summed E-state index contributed by atoms with van der Waals surface area (Å²) in [4.78, 5) is 8.35. The zero-order valence-corrected chi connectivity index (χ0v) is 12.3. The summed E-state index contributed by atoms with van der Waals surface area (Å²) in [5.74, 6) is 1.99. The van der Waals surface area contributed by atoms with Gasteiger partial charge in [-0.3, -0.25) is 4.98 Å². The summed E-state index contributed by atoms with van der Waals surface area (Å²) in [6.07, 6.45) is 5.06. The van der Waals surface area contributed by atoms with Crippen LogP contribution in [0.1, 0.15) is 0 Å². The largest absolute Gasteiger partial charge is 0.497 e. The molecule has 0 aliphatic carbocycles. The Balaban J connectivity index is 2.03. The van der Waals surface area contributed by atoms with Crippen molar-refractivity contribution in [3.05, 3.63) is 53.4 Å². The highest BCUT2D eigenvalue weighted by molar-refractivity contribution is 9.10. The van der Waals surface area contributed by atoms with Crippen molar-refractivity contribution in [1.29, 1.82) is 0 Å². The molecule has 1 aromatic carbocycles. The van der Waals surface area contributed by atoms with Crippen LogP contribution in [0.5, 0.6) is 17.4 Å². The van der Waals surface area contributed by atoms with E-state index in [-0.39, 0.29) is 0 Å². The van der Waals surface area contributed by atoms with Gasteiger partial charge in [-0.1, -0.05) is 0 Å². The Morgan fingerprint density at radius 3 is 2.75 bits per heavy atom. The van der Waals surface area contributed by atoms with Crippen LogP contribution in [0.25, 0.3) is 10.8 Å². The minimum Gasteiger partial charge on any atom is -0.497 e. The van der Waals surface area contributed by atoms with Gasteiger partial charge in [0, 0.05) is 22.3 Å². The maximum absolute atomic E-state index is 5.80. The molecule has 0 saturated carbocycles. The minimum atomic E-state index is 0.546. The summed E-state index contributed by atoms with van der Waals surface area (Å²) in [5, 5.41) is 1.94. The molecule has 0 aliphatic rings. The number of hydrogen-bond acceptors (Lipinski definition) is 4. The molecule has 0 amide bonds. The van der Waals surface area contributed by atoms with Crippen LogP contribution in [0.3, 0.4) is 0 Å². The van der Waals surface area contributed by atoms with E-state index in [1.807, 2.05) is 30.3 Å². The second-order valence-corrected chi connectivity index (χ2v) is 5.06. The van der Waals surface area contributed by atoms with E-state index >= 15 is 0 Å². The van der Waals surface area contributed by atoms with E-state index in [0.717, 1.165) is 21.0 Å². The van der Waals surface area contributed by atoms with Gasteiger partial charge >= 0.3 is 0 Å². The summed E-state index contributed by atoms with van der Waals surface area (Å²) >= 11 is 3.36. The standard InChI is InChI=1S/C15H11BrN2O2/c1-19-12-2-3-14-10(6-12)4-5-18-15(14)20-13-7-11(16)8-17-9-13/h2-9H,1H3. The Morgan fingerprint density at radius 1 is 1.05 bits per heavy atom. The molecule has 0 radical (unpaired) electrons. The summed E-state index contributed by atoms with van der Waals surface area (Å²) in [6.45, 7) is 0. The Labute approximate surface area is 124 Å². The van der Waals surface area contributed by atoms with Gasteiger partial charge in [0.1, 0.15) is 11.5 Å². The monoisotopic (exact) mass is 330 g/mol. The first-order chi connectivity index (χ1) is 9.76. The Kier molecular flexibility index (Phi) is 3.52. The fourth-order valence-corrected chi connectivity index (χ4v) is 2.24. The molecule has 0 fully saturated rings. The number of hydrogen-bond donors (Lipinski definition) is 0. The third-order valence-corrected chi connectivity index (χ3v) is 3.26. The van der Waals surface area contributed by atoms with E-state index in [1.165, 1.54) is 0 Å². The number of rotatable bonds is 3. The van der Waals surface area contributed by atoms with Crippen LogP contribution in [0, 0.1) is 0 Å². The van der Waals surface area contributed by atoms with E-state index in [0.29, 0.717) is 11.6 Å². The summed E-state index contributed by atoms with van der Waals surface area (Å²) in [6, 6.07) is 9.53. The normalized spacial score (nSPS) is 10.5. The minimum absolute atomic E-state index is 0.546. The molecule has 2 aromatic heterocycles. The second kappa shape index (κ2) is 5.46. The van der Waals surface area contributed by atoms with Crippen LogP contribution in [-0.2, 0) is 0 Å². The second-order valence-electron chi connectivity index (χ2n) is 4.14. The Hall–Kier alpha value is -2.14. The molecular formula is C15H11BrN2O2. The van der Waals surface area contributed by atoms with E-state index in [4.69, 9.17) is 9.47 Å². The molecular weight excluding hydrogens is 320 g/mol. The van der Waals surface area contributed by atoms with Crippen LogP contribution < -0.4 is 9.47 Å². The van der Waals surface area contributed by atoms with E-state index in [9.17, 15) is 0 Å². The van der Waals surface area contributed by atoms with Crippen molar-refractivity contribution in [2.24, 2.45) is 0 Å². The lowest BCUT2D eigenvalue weighted by Crippen LogP contribution is -1.91. The third-order valence-electron chi connectivity index (χ3n) is 2.83. The molecule has 20 heavy (non-hydrogen) atoms. The molecule has 0 bridgehead atoms. The first-order valence-corrected chi connectivity index (χ1v) is 6.77. The molecule has 4 nitrogen and oxygen atoms in total. The van der Waals surface area contributed by atoms with Crippen molar-refractivity contribution >= 4 is 26.7 Å². The predicted molar refractivity (Wildman–Crippen MR) is 80.3 cm³/mol. The van der Waals surface area contributed by atoms with Gasteiger partial charge in [-0.25, -0.2) is 4.98 Å². The Morgan fingerprint density at radius 2 is 1.95 bits per heavy atom.